The first-order chi connectivity index (χ1) is 9.92. The Bertz CT molecular complexity index is 808. The number of anilines is 1. The summed E-state index contributed by atoms with van der Waals surface area (Å²) in [6.45, 7) is 1.83. The molecule has 2 aromatic rings. The van der Waals surface area contributed by atoms with Crippen LogP contribution >= 0.6 is 0 Å². The molecule has 6 heteroatoms. The van der Waals surface area contributed by atoms with Gasteiger partial charge in [-0.25, -0.2) is 13.1 Å². The van der Waals surface area contributed by atoms with Crippen molar-refractivity contribution >= 4 is 15.7 Å². The molecule has 0 saturated heterocycles. The number of aryl methyl sites for hydroxylation is 1. The third-order valence-electron chi connectivity index (χ3n) is 3.02. The molecule has 0 radical (unpaired) electrons. The molecule has 0 spiro atoms. The maximum absolute atomic E-state index is 12.3. The highest BCUT2D eigenvalue weighted by Gasteiger charge is 2.17. The number of hydrogen-bond donors (Lipinski definition) is 2. The van der Waals surface area contributed by atoms with Crippen LogP contribution in [0.3, 0.4) is 0 Å². The van der Waals surface area contributed by atoms with Gasteiger partial charge in [0.15, 0.2) is 0 Å². The van der Waals surface area contributed by atoms with Crippen LogP contribution in [0.1, 0.15) is 16.7 Å². The van der Waals surface area contributed by atoms with Gasteiger partial charge in [0.25, 0.3) is 0 Å². The minimum absolute atomic E-state index is 0.116. The second kappa shape index (κ2) is 5.95. The predicted molar refractivity (Wildman–Crippen MR) is 80.8 cm³/mol. The minimum atomic E-state index is -3.68. The molecule has 21 heavy (non-hydrogen) atoms. The van der Waals surface area contributed by atoms with E-state index in [2.05, 4.69) is 4.72 Å². The van der Waals surface area contributed by atoms with Crippen LogP contribution in [0.2, 0.25) is 0 Å². The summed E-state index contributed by atoms with van der Waals surface area (Å²) in [7, 11) is -3.68. The Labute approximate surface area is 124 Å². The van der Waals surface area contributed by atoms with Crippen LogP contribution in [0.4, 0.5) is 5.69 Å². The zero-order valence-electron chi connectivity index (χ0n) is 11.5. The van der Waals surface area contributed by atoms with E-state index in [-0.39, 0.29) is 11.4 Å². The Morgan fingerprint density at radius 1 is 1.24 bits per heavy atom. The van der Waals surface area contributed by atoms with E-state index >= 15 is 0 Å². The maximum Gasteiger partial charge on any atom is 0.241 e. The zero-order chi connectivity index (χ0) is 15.5. The number of benzene rings is 2. The van der Waals surface area contributed by atoms with E-state index in [0.717, 1.165) is 5.56 Å². The van der Waals surface area contributed by atoms with Gasteiger partial charge in [-0.15, -0.1) is 0 Å². The Hall–Kier alpha value is -2.36. The Balaban J connectivity index is 2.25. The summed E-state index contributed by atoms with van der Waals surface area (Å²) >= 11 is 0. The molecule has 0 heterocycles. The summed E-state index contributed by atoms with van der Waals surface area (Å²) < 4.78 is 27.2. The van der Waals surface area contributed by atoms with Crippen LogP contribution in [0, 0.1) is 18.3 Å². The Kier molecular flexibility index (Phi) is 4.26. The number of hydrogen-bond acceptors (Lipinski definition) is 4. The lowest BCUT2D eigenvalue weighted by atomic mass is 10.2. The lowest BCUT2D eigenvalue weighted by molar-refractivity contribution is 0.580. The van der Waals surface area contributed by atoms with Crippen LogP contribution in [-0.4, -0.2) is 8.42 Å². The number of nitrogens with one attached hydrogen (secondary N) is 1. The zero-order valence-corrected chi connectivity index (χ0v) is 12.3. The van der Waals surface area contributed by atoms with Crippen LogP contribution in [0.15, 0.2) is 47.4 Å². The molecule has 3 N–H and O–H groups in total. The summed E-state index contributed by atoms with van der Waals surface area (Å²) in [4.78, 5) is 0.116. The van der Waals surface area contributed by atoms with Crippen molar-refractivity contribution in [2.24, 2.45) is 0 Å². The molecule has 0 bridgehead atoms. The van der Waals surface area contributed by atoms with E-state index < -0.39 is 10.0 Å². The summed E-state index contributed by atoms with van der Waals surface area (Å²) in [5.41, 5.74) is 7.91. The van der Waals surface area contributed by atoms with Gasteiger partial charge in [0.05, 0.1) is 16.5 Å². The van der Waals surface area contributed by atoms with E-state index in [1.165, 1.54) is 6.07 Å². The van der Waals surface area contributed by atoms with E-state index in [4.69, 9.17) is 11.0 Å². The lowest BCUT2D eigenvalue weighted by Gasteiger charge is -2.10. The van der Waals surface area contributed by atoms with Crippen molar-refractivity contribution in [3.8, 4) is 6.07 Å². The fourth-order valence-corrected chi connectivity index (χ4v) is 3.20. The van der Waals surface area contributed by atoms with E-state index in [9.17, 15) is 8.42 Å². The first kappa shape index (κ1) is 15.0. The normalized spacial score (nSPS) is 11.0. The van der Waals surface area contributed by atoms with Gasteiger partial charge in [-0.1, -0.05) is 18.2 Å². The molecule has 0 aromatic heterocycles. The second-order valence-corrected chi connectivity index (χ2v) is 6.40. The first-order valence-electron chi connectivity index (χ1n) is 6.27. The van der Waals surface area contributed by atoms with Gasteiger partial charge in [0, 0.05) is 12.2 Å². The van der Waals surface area contributed by atoms with Crippen LogP contribution in [0.25, 0.3) is 0 Å². The third kappa shape index (κ3) is 3.60. The van der Waals surface area contributed by atoms with Gasteiger partial charge in [-0.05, 0) is 42.3 Å². The molecule has 2 aromatic carbocycles. The molecule has 0 aliphatic heterocycles. The fourth-order valence-electron chi connectivity index (χ4n) is 1.92. The summed E-state index contributed by atoms with van der Waals surface area (Å²) in [6.07, 6.45) is 0. The highest BCUT2D eigenvalue weighted by Crippen LogP contribution is 2.17. The highest BCUT2D eigenvalue weighted by atomic mass is 32.2. The second-order valence-electron chi connectivity index (χ2n) is 4.66. The molecule has 0 amide bonds. The van der Waals surface area contributed by atoms with Gasteiger partial charge >= 0.3 is 0 Å². The smallest absolute Gasteiger partial charge is 0.241 e. The van der Waals surface area contributed by atoms with Gasteiger partial charge in [0.1, 0.15) is 0 Å². The monoisotopic (exact) mass is 301 g/mol. The average molecular weight is 301 g/mol. The largest absolute Gasteiger partial charge is 0.399 e. The van der Waals surface area contributed by atoms with Crippen molar-refractivity contribution in [1.82, 2.24) is 4.72 Å². The van der Waals surface area contributed by atoms with E-state index in [1.54, 1.807) is 43.3 Å². The molecule has 0 unspecified atom stereocenters. The van der Waals surface area contributed by atoms with Crippen molar-refractivity contribution in [3.63, 3.8) is 0 Å². The maximum atomic E-state index is 12.3. The molecule has 108 valence electrons. The van der Waals surface area contributed by atoms with Crippen LogP contribution in [-0.2, 0) is 16.6 Å². The van der Waals surface area contributed by atoms with E-state index in [1.807, 2.05) is 6.07 Å². The van der Waals surface area contributed by atoms with Crippen molar-refractivity contribution in [2.45, 2.75) is 18.4 Å². The molecule has 0 aliphatic rings. The summed E-state index contributed by atoms with van der Waals surface area (Å²) in [5, 5.41) is 8.88. The number of rotatable bonds is 4. The Morgan fingerprint density at radius 2 is 2.00 bits per heavy atom. The van der Waals surface area contributed by atoms with Crippen molar-refractivity contribution in [1.29, 1.82) is 5.26 Å². The fraction of sp³-hybridized carbons (Fsp3) is 0.133. The number of nitrogens with zero attached hydrogens (tertiary/aromatic N) is 1. The van der Waals surface area contributed by atoms with Gasteiger partial charge < -0.3 is 5.73 Å². The van der Waals surface area contributed by atoms with Crippen molar-refractivity contribution in [3.05, 3.63) is 59.2 Å². The Morgan fingerprint density at radius 3 is 2.67 bits per heavy atom. The van der Waals surface area contributed by atoms with Crippen LogP contribution < -0.4 is 10.5 Å². The van der Waals surface area contributed by atoms with Gasteiger partial charge in [0.2, 0.25) is 10.0 Å². The SMILES string of the molecule is Cc1ccc(C#N)cc1S(=O)(=O)NCc1cccc(N)c1. The lowest BCUT2D eigenvalue weighted by Crippen LogP contribution is -2.24. The van der Waals surface area contributed by atoms with Gasteiger partial charge in [-0.2, -0.15) is 5.26 Å². The molecule has 0 saturated carbocycles. The van der Waals surface area contributed by atoms with Gasteiger partial charge in [-0.3, -0.25) is 0 Å². The minimum Gasteiger partial charge on any atom is -0.399 e. The molecular formula is C15H15N3O2S. The number of nitrogens with two attached hydrogens (primary N) is 1. The first-order valence-corrected chi connectivity index (χ1v) is 7.75. The van der Waals surface area contributed by atoms with E-state index in [0.29, 0.717) is 16.8 Å². The number of nitrogen functional groups attached to an aromatic ring is 1. The van der Waals surface area contributed by atoms with Crippen molar-refractivity contribution in [2.75, 3.05) is 5.73 Å². The number of sulfonamides is 1. The molecule has 2 rings (SSSR count). The molecular weight excluding hydrogens is 286 g/mol. The summed E-state index contributed by atoms with van der Waals surface area (Å²) in [5.74, 6) is 0. The van der Waals surface area contributed by atoms with Crippen LogP contribution in [0.5, 0.6) is 0 Å². The molecule has 0 aliphatic carbocycles. The quantitative estimate of drug-likeness (QED) is 0.843. The third-order valence-corrected chi connectivity index (χ3v) is 4.57. The standard InChI is InChI=1S/C15H15N3O2S/c1-11-5-6-12(9-16)8-15(11)21(19,20)18-10-13-3-2-4-14(17)7-13/h2-8,18H,10,17H2,1H3. The predicted octanol–water partition coefficient (Wildman–Crippen LogP) is 1.93. The molecule has 5 nitrogen and oxygen atoms in total. The van der Waals surface area contributed by atoms with Crippen molar-refractivity contribution < 1.29 is 8.42 Å². The molecule has 0 atom stereocenters. The average Bonchev–Trinajstić information content (AvgIpc) is 2.46. The highest BCUT2D eigenvalue weighted by molar-refractivity contribution is 7.89. The summed E-state index contributed by atoms with van der Waals surface area (Å²) in [6, 6.07) is 13.5. The number of nitriles is 1. The topological polar surface area (TPSA) is 96.0 Å². The molecule has 0 fully saturated rings.